The van der Waals surface area contributed by atoms with Gasteiger partial charge in [-0.15, -0.1) is 0 Å². The standard InChI is InChI=1S/C18H35O5PSi2/c1-16-9-8-10-17(15-19)18(16)23-24(20,21-11-13-25(2,3)4)22-12-14-26(5,6)7/h8-10,19H,11-15H2,1-7H3. The lowest BCUT2D eigenvalue weighted by Crippen LogP contribution is -2.23. The number of phosphoric ester groups is 1. The van der Waals surface area contributed by atoms with E-state index in [0.29, 0.717) is 24.5 Å². The lowest BCUT2D eigenvalue weighted by Gasteiger charge is -2.24. The maximum Gasteiger partial charge on any atom is 0.530 e. The van der Waals surface area contributed by atoms with Crippen LogP contribution in [0.3, 0.4) is 0 Å². The van der Waals surface area contributed by atoms with E-state index in [0.717, 1.165) is 17.7 Å². The molecule has 0 aliphatic carbocycles. The second-order valence-corrected chi connectivity index (χ2v) is 21.9. The number of benzene rings is 1. The van der Waals surface area contributed by atoms with Crippen LogP contribution in [-0.2, 0) is 20.2 Å². The molecule has 0 amide bonds. The Morgan fingerprint density at radius 2 is 1.46 bits per heavy atom. The number of aliphatic hydroxyl groups excluding tert-OH is 1. The molecular weight excluding hydrogens is 383 g/mol. The fourth-order valence-electron chi connectivity index (χ4n) is 2.10. The van der Waals surface area contributed by atoms with Crippen LogP contribution in [0.1, 0.15) is 11.1 Å². The first kappa shape index (κ1) is 23.6. The van der Waals surface area contributed by atoms with Crippen molar-refractivity contribution in [3.05, 3.63) is 29.3 Å². The summed E-state index contributed by atoms with van der Waals surface area (Å²) in [5.41, 5.74) is 1.37. The zero-order valence-corrected chi connectivity index (χ0v) is 20.2. The van der Waals surface area contributed by atoms with Gasteiger partial charge >= 0.3 is 7.82 Å². The molecule has 1 aromatic rings. The summed E-state index contributed by atoms with van der Waals surface area (Å²) < 4.78 is 30.3. The number of aryl methyl sites for hydroxylation is 1. The molecule has 0 aliphatic rings. The maximum atomic E-state index is 13.3. The summed E-state index contributed by atoms with van der Waals surface area (Å²) in [7, 11) is -6.41. The number of hydrogen-bond acceptors (Lipinski definition) is 5. The predicted octanol–water partition coefficient (Wildman–Crippen LogP) is 5.68. The maximum absolute atomic E-state index is 13.3. The Morgan fingerprint density at radius 3 is 1.88 bits per heavy atom. The highest BCUT2D eigenvalue weighted by atomic mass is 31.2. The van der Waals surface area contributed by atoms with Crippen molar-refractivity contribution in [2.24, 2.45) is 0 Å². The Morgan fingerprint density at radius 1 is 0.962 bits per heavy atom. The van der Waals surface area contributed by atoms with E-state index in [9.17, 15) is 9.67 Å². The van der Waals surface area contributed by atoms with Crippen molar-refractivity contribution in [2.45, 2.75) is 64.9 Å². The molecule has 8 heteroatoms. The first-order valence-electron chi connectivity index (χ1n) is 9.13. The van der Waals surface area contributed by atoms with Crippen molar-refractivity contribution in [2.75, 3.05) is 13.2 Å². The molecule has 0 fully saturated rings. The van der Waals surface area contributed by atoms with Crippen LogP contribution in [0.15, 0.2) is 18.2 Å². The molecule has 0 spiro atoms. The van der Waals surface area contributed by atoms with E-state index in [4.69, 9.17) is 13.6 Å². The van der Waals surface area contributed by atoms with Gasteiger partial charge in [-0.2, -0.15) is 0 Å². The smallest absolute Gasteiger partial charge is 0.403 e. The zero-order valence-electron chi connectivity index (χ0n) is 17.3. The molecule has 0 radical (unpaired) electrons. The average molecular weight is 419 g/mol. The van der Waals surface area contributed by atoms with Crippen LogP contribution in [0.2, 0.25) is 51.4 Å². The van der Waals surface area contributed by atoms with Crippen molar-refractivity contribution in [1.29, 1.82) is 0 Å². The molecule has 1 N–H and O–H groups in total. The van der Waals surface area contributed by atoms with Crippen LogP contribution >= 0.6 is 7.82 Å². The van der Waals surface area contributed by atoms with Crippen molar-refractivity contribution in [1.82, 2.24) is 0 Å². The molecule has 0 aromatic heterocycles. The van der Waals surface area contributed by atoms with Crippen LogP contribution in [-0.4, -0.2) is 34.5 Å². The predicted molar refractivity (Wildman–Crippen MR) is 114 cm³/mol. The van der Waals surface area contributed by atoms with Crippen LogP contribution in [0.25, 0.3) is 0 Å². The van der Waals surface area contributed by atoms with E-state index >= 15 is 0 Å². The van der Waals surface area contributed by atoms with Crippen LogP contribution in [0, 0.1) is 6.92 Å². The van der Waals surface area contributed by atoms with Gasteiger partial charge in [0.1, 0.15) is 5.75 Å². The summed E-state index contributed by atoms with van der Waals surface area (Å²) >= 11 is 0. The molecule has 1 aromatic carbocycles. The van der Waals surface area contributed by atoms with Gasteiger partial charge in [-0.3, -0.25) is 9.05 Å². The normalized spacial score (nSPS) is 13.1. The molecule has 1 rings (SSSR count). The lowest BCUT2D eigenvalue weighted by atomic mass is 10.1. The highest BCUT2D eigenvalue weighted by Gasteiger charge is 2.32. The Kier molecular flexibility index (Phi) is 8.77. The van der Waals surface area contributed by atoms with Gasteiger partial charge in [0.05, 0.1) is 19.8 Å². The molecule has 0 aliphatic heterocycles. The van der Waals surface area contributed by atoms with Gasteiger partial charge < -0.3 is 9.63 Å². The Hall–Kier alpha value is -0.436. The number of rotatable bonds is 11. The van der Waals surface area contributed by atoms with E-state index in [1.54, 1.807) is 6.07 Å². The molecule has 26 heavy (non-hydrogen) atoms. The summed E-state index contributed by atoms with van der Waals surface area (Å²) in [6.45, 7) is 15.8. The lowest BCUT2D eigenvalue weighted by molar-refractivity contribution is 0.165. The molecule has 0 saturated carbocycles. The van der Waals surface area contributed by atoms with Gasteiger partial charge in [0.25, 0.3) is 0 Å². The van der Waals surface area contributed by atoms with E-state index in [1.807, 2.05) is 19.1 Å². The first-order chi connectivity index (χ1) is 11.9. The number of aliphatic hydroxyl groups is 1. The highest BCUT2D eigenvalue weighted by Crippen LogP contribution is 2.51. The minimum Gasteiger partial charge on any atom is -0.403 e. The fourth-order valence-corrected chi connectivity index (χ4v) is 5.16. The number of para-hydroxylation sites is 1. The van der Waals surface area contributed by atoms with Gasteiger partial charge in [-0.1, -0.05) is 57.5 Å². The van der Waals surface area contributed by atoms with E-state index < -0.39 is 24.0 Å². The van der Waals surface area contributed by atoms with Gasteiger partial charge in [0.2, 0.25) is 0 Å². The van der Waals surface area contributed by atoms with Crippen molar-refractivity contribution in [3.8, 4) is 5.75 Å². The highest BCUT2D eigenvalue weighted by molar-refractivity contribution is 7.49. The summed E-state index contributed by atoms with van der Waals surface area (Å²) in [5.74, 6) is 0.388. The van der Waals surface area contributed by atoms with E-state index in [-0.39, 0.29) is 6.61 Å². The summed E-state index contributed by atoms with van der Waals surface area (Å²) in [6, 6.07) is 7.17. The molecule has 150 valence electrons. The van der Waals surface area contributed by atoms with Gasteiger partial charge in [-0.05, 0) is 24.6 Å². The van der Waals surface area contributed by atoms with Gasteiger partial charge in [0.15, 0.2) is 0 Å². The molecule has 0 unspecified atom stereocenters. The molecule has 0 saturated heterocycles. The Bertz CT molecular complexity index is 599. The quantitative estimate of drug-likeness (QED) is 0.370. The van der Waals surface area contributed by atoms with Crippen LogP contribution in [0.4, 0.5) is 0 Å². The summed E-state index contributed by atoms with van der Waals surface area (Å²) in [6.07, 6.45) is 0. The minimum atomic E-state index is -3.75. The first-order valence-corrected chi connectivity index (χ1v) is 18.0. The average Bonchev–Trinajstić information content (AvgIpc) is 2.46. The minimum absolute atomic E-state index is 0.194. The second kappa shape index (κ2) is 9.67. The summed E-state index contributed by atoms with van der Waals surface area (Å²) in [4.78, 5) is 0. The van der Waals surface area contributed by atoms with Crippen molar-refractivity contribution in [3.63, 3.8) is 0 Å². The Balaban J connectivity index is 2.94. The van der Waals surface area contributed by atoms with Crippen LogP contribution < -0.4 is 4.52 Å². The fraction of sp³-hybridized carbons (Fsp3) is 0.667. The second-order valence-electron chi connectivity index (χ2n) is 9.05. The van der Waals surface area contributed by atoms with Crippen molar-refractivity contribution < 1.29 is 23.2 Å². The molecular formula is C18H35O5PSi2. The van der Waals surface area contributed by atoms with Gasteiger partial charge in [0, 0.05) is 21.7 Å². The Labute approximate surface area is 160 Å². The monoisotopic (exact) mass is 418 g/mol. The summed E-state index contributed by atoms with van der Waals surface area (Å²) in [5, 5.41) is 9.56. The molecule has 0 atom stereocenters. The van der Waals surface area contributed by atoms with Crippen molar-refractivity contribution >= 4 is 24.0 Å². The van der Waals surface area contributed by atoms with Gasteiger partial charge in [-0.25, -0.2) is 4.57 Å². The molecule has 0 bridgehead atoms. The third kappa shape index (κ3) is 8.97. The number of hydrogen-bond donors (Lipinski definition) is 1. The molecule has 5 nitrogen and oxygen atoms in total. The van der Waals surface area contributed by atoms with E-state index in [1.165, 1.54) is 0 Å². The third-order valence-electron chi connectivity index (χ3n) is 3.87. The number of phosphoric acid groups is 1. The van der Waals surface area contributed by atoms with Crippen LogP contribution in [0.5, 0.6) is 5.75 Å². The largest absolute Gasteiger partial charge is 0.530 e. The van der Waals surface area contributed by atoms with E-state index in [2.05, 4.69) is 39.3 Å². The zero-order chi connectivity index (χ0) is 20.0. The topological polar surface area (TPSA) is 65.0 Å². The molecule has 0 heterocycles. The third-order valence-corrected chi connectivity index (χ3v) is 8.68. The SMILES string of the molecule is Cc1cccc(CO)c1OP(=O)(OCC[Si](C)(C)C)OCC[Si](C)(C)C.